The number of nitrogens with zero attached hydrogens (tertiary/aromatic N) is 1. The van der Waals surface area contributed by atoms with Crippen LogP contribution >= 0.6 is 12.6 Å². The predicted molar refractivity (Wildman–Crippen MR) is 82.2 cm³/mol. The van der Waals surface area contributed by atoms with Crippen molar-refractivity contribution >= 4 is 29.3 Å². The Morgan fingerprint density at radius 2 is 1.80 bits per heavy atom. The molecule has 0 amide bonds. The normalized spacial score (nSPS) is 10.7. The summed E-state index contributed by atoms with van der Waals surface area (Å²) in [4.78, 5) is 13.2. The Morgan fingerprint density at radius 3 is 2.60 bits per heavy atom. The third-order valence-corrected chi connectivity index (χ3v) is 3.55. The van der Waals surface area contributed by atoms with E-state index in [1.807, 2.05) is 71.4 Å². The first-order chi connectivity index (χ1) is 9.74. The third-order valence-electron chi connectivity index (χ3n) is 3.27. The summed E-state index contributed by atoms with van der Waals surface area (Å²) in [6.45, 7) is 0.332. The van der Waals surface area contributed by atoms with Crippen molar-refractivity contribution in [3.8, 4) is 0 Å². The van der Waals surface area contributed by atoms with E-state index in [0.29, 0.717) is 6.54 Å². The van der Waals surface area contributed by atoms with Gasteiger partial charge in [0.05, 0.1) is 0 Å². The first kappa shape index (κ1) is 12.9. The molecule has 0 spiro atoms. The minimum atomic E-state index is 0.104. The fraction of sp³-hybridized carbons (Fsp3) is 0.0588. The van der Waals surface area contributed by atoms with Gasteiger partial charge < -0.3 is 0 Å². The van der Waals surface area contributed by atoms with E-state index < -0.39 is 0 Å². The number of carbonyl (C=O) groups is 1. The van der Waals surface area contributed by atoms with Crippen molar-refractivity contribution in [2.45, 2.75) is 11.4 Å². The average Bonchev–Trinajstić information content (AvgIpc) is 2.49. The molecule has 0 N–H and O–H groups in total. The van der Waals surface area contributed by atoms with Crippen molar-refractivity contribution in [3.63, 3.8) is 0 Å². The zero-order chi connectivity index (χ0) is 13.9. The molecule has 0 aliphatic carbocycles. The third kappa shape index (κ3) is 2.58. The second kappa shape index (κ2) is 5.47. The molecule has 1 aromatic heterocycles. The van der Waals surface area contributed by atoms with Crippen LogP contribution in [0.15, 0.2) is 71.8 Å². The molecule has 0 unspecified atom stereocenters. The molecule has 98 valence electrons. The maximum absolute atomic E-state index is 12.3. The van der Waals surface area contributed by atoms with Gasteiger partial charge in [-0.2, -0.15) is 4.57 Å². The number of aromatic nitrogens is 1. The highest BCUT2D eigenvalue weighted by Gasteiger charge is 2.15. The lowest BCUT2D eigenvalue weighted by Crippen LogP contribution is -2.38. The van der Waals surface area contributed by atoms with E-state index in [4.69, 9.17) is 0 Å². The largest absolute Gasteiger partial charge is 0.287 e. The Kier molecular flexibility index (Phi) is 3.52. The van der Waals surface area contributed by atoms with Gasteiger partial charge >= 0.3 is 0 Å². The van der Waals surface area contributed by atoms with Gasteiger partial charge in [-0.3, -0.25) is 4.79 Å². The van der Waals surface area contributed by atoms with Gasteiger partial charge in [0.2, 0.25) is 17.8 Å². The number of hydrogen-bond donors (Lipinski definition) is 1. The van der Waals surface area contributed by atoms with Crippen LogP contribution in [0.3, 0.4) is 0 Å². The highest BCUT2D eigenvalue weighted by atomic mass is 32.1. The number of hydrogen-bond acceptors (Lipinski definition) is 2. The summed E-state index contributed by atoms with van der Waals surface area (Å²) in [7, 11) is 0. The lowest BCUT2D eigenvalue weighted by Gasteiger charge is -2.02. The molecule has 20 heavy (non-hydrogen) atoms. The summed E-state index contributed by atoms with van der Waals surface area (Å²) in [6.07, 6.45) is 1.93. The first-order valence-corrected chi connectivity index (χ1v) is 6.88. The molecule has 0 aliphatic heterocycles. The van der Waals surface area contributed by atoms with Gasteiger partial charge in [0.1, 0.15) is 0 Å². The van der Waals surface area contributed by atoms with E-state index >= 15 is 0 Å². The van der Waals surface area contributed by atoms with Crippen molar-refractivity contribution in [3.05, 3.63) is 72.4 Å². The smallest absolute Gasteiger partial charge is 0.227 e. The maximum Gasteiger partial charge on any atom is 0.227 e. The van der Waals surface area contributed by atoms with E-state index in [-0.39, 0.29) is 5.78 Å². The molecule has 0 saturated carbocycles. The van der Waals surface area contributed by atoms with Gasteiger partial charge in [-0.1, -0.05) is 30.3 Å². The van der Waals surface area contributed by atoms with Gasteiger partial charge in [0.15, 0.2) is 6.20 Å². The molecule has 1 heterocycles. The molecule has 2 nitrogen and oxygen atoms in total. The molecule has 3 aromatic rings. The van der Waals surface area contributed by atoms with E-state index in [1.54, 1.807) is 0 Å². The summed E-state index contributed by atoms with van der Waals surface area (Å²) in [5.74, 6) is 0.104. The van der Waals surface area contributed by atoms with Gasteiger partial charge in [0.25, 0.3) is 0 Å². The zero-order valence-corrected chi connectivity index (χ0v) is 11.8. The predicted octanol–water partition coefficient (Wildman–Crippen LogP) is 3.30. The van der Waals surface area contributed by atoms with Crippen molar-refractivity contribution in [2.75, 3.05) is 0 Å². The highest BCUT2D eigenvalue weighted by molar-refractivity contribution is 7.80. The fourth-order valence-electron chi connectivity index (χ4n) is 2.26. The summed E-state index contributed by atoms with van der Waals surface area (Å²) >= 11 is 4.37. The van der Waals surface area contributed by atoms with Crippen molar-refractivity contribution in [2.24, 2.45) is 0 Å². The van der Waals surface area contributed by atoms with Gasteiger partial charge in [0, 0.05) is 28.0 Å². The lowest BCUT2D eigenvalue weighted by molar-refractivity contribution is -0.657. The van der Waals surface area contributed by atoms with Crippen molar-refractivity contribution in [1.82, 2.24) is 0 Å². The Morgan fingerprint density at radius 1 is 1.00 bits per heavy atom. The molecule has 2 aromatic carbocycles. The first-order valence-electron chi connectivity index (χ1n) is 6.43. The molecule has 0 fully saturated rings. The van der Waals surface area contributed by atoms with Crippen LogP contribution in [0.25, 0.3) is 10.9 Å². The van der Waals surface area contributed by atoms with E-state index in [9.17, 15) is 4.79 Å². The van der Waals surface area contributed by atoms with E-state index in [0.717, 1.165) is 21.4 Å². The Labute approximate surface area is 123 Å². The molecule has 0 radical (unpaired) electrons. The molecule has 3 rings (SSSR count). The molecule has 0 aliphatic rings. The second-order valence-corrected chi connectivity index (χ2v) is 5.18. The summed E-state index contributed by atoms with van der Waals surface area (Å²) < 4.78 is 1.96. The molecular weight excluding hydrogens is 266 g/mol. The minimum Gasteiger partial charge on any atom is -0.287 e. The van der Waals surface area contributed by atoms with Crippen LogP contribution in [0.5, 0.6) is 0 Å². The number of ketones is 1. The van der Waals surface area contributed by atoms with Gasteiger partial charge in [-0.25, -0.2) is 0 Å². The van der Waals surface area contributed by atoms with E-state index in [2.05, 4.69) is 12.6 Å². The summed E-state index contributed by atoms with van der Waals surface area (Å²) in [5, 5.41) is 1.10. The number of rotatable bonds is 3. The molecule has 0 saturated heterocycles. The van der Waals surface area contributed by atoms with Crippen LogP contribution in [0, 0.1) is 0 Å². The summed E-state index contributed by atoms with van der Waals surface area (Å²) in [5.41, 5.74) is 1.75. The topological polar surface area (TPSA) is 20.9 Å². The molecular formula is C17H14NOS+. The number of thiol groups is 1. The van der Waals surface area contributed by atoms with Crippen molar-refractivity contribution < 1.29 is 9.36 Å². The number of benzene rings is 2. The number of carbonyl (C=O) groups excluding carboxylic acids is 1. The van der Waals surface area contributed by atoms with Crippen LogP contribution in [-0.4, -0.2) is 5.78 Å². The van der Waals surface area contributed by atoms with Crippen LogP contribution in [-0.2, 0) is 6.54 Å². The minimum absolute atomic E-state index is 0.104. The van der Waals surface area contributed by atoms with Crippen LogP contribution < -0.4 is 4.57 Å². The maximum atomic E-state index is 12.3. The van der Waals surface area contributed by atoms with Gasteiger partial charge in [-0.15, -0.1) is 12.6 Å². The number of pyridine rings is 1. The monoisotopic (exact) mass is 280 g/mol. The average molecular weight is 280 g/mol. The second-order valence-electron chi connectivity index (χ2n) is 4.67. The quantitative estimate of drug-likeness (QED) is 0.443. The summed E-state index contributed by atoms with van der Waals surface area (Å²) in [6, 6.07) is 19.3. The standard InChI is InChI=1S/C17H13NOS/c19-17(14-5-2-1-3-6-14)12-18-10-4-7-13-8-9-15(20)11-16(13)18/h1-11H,12H2/p+1. The lowest BCUT2D eigenvalue weighted by atomic mass is 10.1. The molecule has 0 atom stereocenters. The zero-order valence-electron chi connectivity index (χ0n) is 10.9. The Hall–Kier alpha value is -2.13. The van der Waals surface area contributed by atoms with E-state index in [1.165, 1.54) is 0 Å². The molecule has 0 bridgehead atoms. The fourth-order valence-corrected chi connectivity index (χ4v) is 2.46. The van der Waals surface area contributed by atoms with Crippen LogP contribution in [0.1, 0.15) is 10.4 Å². The number of Topliss-reactive ketones (excluding diaryl/α,β-unsaturated/α-hetero) is 1. The highest BCUT2D eigenvalue weighted by Crippen LogP contribution is 2.14. The SMILES string of the molecule is O=C(C[n+]1cccc2ccc(S)cc21)c1ccccc1. The van der Waals surface area contributed by atoms with Crippen LogP contribution in [0.2, 0.25) is 0 Å². The van der Waals surface area contributed by atoms with Crippen LogP contribution in [0.4, 0.5) is 0 Å². The van der Waals surface area contributed by atoms with Gasteiger partial charge in [-0.05, 0) is 18.2 Å². The molecule has 3 heteroatoms. The Balaban J connectivity index is 1.99. The van der Waals surface area contributed by atoms with Crippen molar-refractivity contribution in [1.29, 1.82) is 0 Å². The number of fused-ring (bicyclic) bond motifs is 1. The Bertz CT molecular complexity index is 768.